The van der Waals surface area contributed by atoms with Crippen LogP contribution in [0.2, 0.25) is 5.15 Å². The van der Waals surface area contributed by atoms with Crippen LogP contribution in [0.5, 0.6) is 0 Å². The molecule has 5 heteroatoms. The Morgan fingerprint density at radius 3 is 2.60 bits per heavy atom. The molecule has 0 bridgehead atoms. The zero-order chi connectivity index (χ0) is 20.7. The van der Waals surface area contributed by atoms with Gasteiger partial charge in [0.2, 0.25) is 0 Å². The number of H-pyrrole nitrogens is 1. The normalized spacial score (nSPS) is 20.4. The predicted molar refractivity (Wildman–Crippen MR) is 121 cm³/mol. The summed E-state index contributed by atoms with van der Waals surface area (Å²) in [6.07, 6.45) is 10.2. The molecule has 1 N–H and O–H groups in total. The molecule has 1 saturated heterocycles. The van der Waals surface area contributed by atoms with Gasteiger partial charge in [-0.05, 0) is 72.9 Å². The molecule has 0 saturated carbocycles. The summed E-state index contributed by atoms with van der Waals surface area (Å²) in [5, 5.41) is 0.630. The number of aromatic amines is 1. The van der Waals surface area contributed by atoms with Crippen LogP contribution in [-0.2, 0) is 0 Å². The topological polar surface area (TPSA) is 31.9 Å². The van der Waals surface area contributed by atoms with E-state index in [2.05, 4.69) is 33.9 Å². The van der Waals surface area contributed by atoms with Gasteiger partial charge in [-0.25, -0.2) is 4.39 Å². The van der Waals surface area contributed by atoms with Crippen molar-refractivity contribution in [1.29, 1.82) is 0 Å². The number of nitrogens with zero attached hydrogens (tertiary/aromatic N) is 2. The Bertz CT molecular complexity index is 1130. The van der Waals surface area contributed by atoms with Crippen molar-refractivity contribution >= 4 is 17.2 Å². The van der Waals surface area contributed by atoms with Gasteiger partial charge >= 0.3 is 0 Å². The summed E-state index contributed by atoms with van der Waals surface area (Å²) in [6.45, 7) is 4.21. The van der Waals surface area contributed by atoms with Gasteiger partial charge in [-0.3, -0.25) is 9.88 Å². The van der Waals surface area contributed by atoms with Gasteiger partial charge in [0.05, 0.1) is 5.69 Å². The lowest BCUT2D eigenvalue weighted by molar-refractivity contribution is 0.290. The summed E-state index contributed by atoms with van der Waals surface area (Å²) in [5.41, 5.74) is 7.74. The van der Waals surface area contributed by atoms with E-state index in [1.807, 2.05) is 12.1 Å². The van der Waals surface area contributed by atoms with Crippen molar-refractivity contribution in [2.24, 2.45) is 0 Å². The molecule has 2 aromatic heterocycles. The molecule has 0 spiro atoms. The van der Waals surface area contributed by atoms with Crippen LogP contribution in [0.4, 0.5) is 4.39 Å². The highest BCUT2D eigenvalue weighted by Crippen LogP contribution is 2.44. The SMILES string of the molecule is C/C=C1\CC2C=C(c3c(Cl)[nH]c(-c4ccc(F)cc4)c3-c3ccncc3)CCN2C1. The number of aromatic nitrogens is 2. The van der Waals surface area contributed by atoms with E-state index in [1.165, 1.54) is 23.3 Å². The van der Waals surface area contributed by atoms with Gasteiger partial charge in [0.1, 0.15) is 11.0 Å². The van der Waals surface area contributed by atoms with Crippen LogP contribution in [0.1, 0.15) is 25.3 Å². The molecule has 1 atom stereocenters. The van der Waals surface area contributed by atoms with E-state index in [1.54, 1.807) is 24.5 Å². The fourth-order valence-corrected chi connectivity index (χ4v) is 4.97. The van der Waals surface area contributed by atoms with Crippen LogP contribution >= 0.6 is 11.6 Å². The maximum atomic E-state index is 13.5. The standard InChI is InChI=1S/C25H23ClFN3/c1-2-16-13-21-14-19(9-12-30(21)15-16)23-22(17-7-10-28-11-8-17)24(29-25(23)26)18-3-5-20(27)6-4-18/h2-8,10-11,14,21,29H,9,12-13,15H2,1H3/b16-2+. The van der Waals surface area contributed by atoms with E-state index >= 15 is 0 Å². The summed E-state index contributed by atoms with van der Waals surface area (Å²) in [6, 6.07) is 11.0. The molecule has 0 aliphatic carbocycles. The molecule has 5 rings (SSSR count). The van der Waals surface area contributed by atoms with E-state index in [4.69, 9.17) is 11.6 Å². The zero-order valence-electron chi connectivity index (χ0n) is 16.8. The van der Waals surface area contributed by atoms with Gasteiger partial charge < -0.3 is 4.98 Å². The second-order valence-electron chi connectivity index (χ2n) is 7.94. The zero-order valence-corrected chi connectivity index (χ0v) is 17.6. The van der Waals surface area contributed by atoms with Crippen molar-refractivity contribution in [3.8, 4) is 22.4 Å². The molecule has 2 aliphatic rings. The van der Waals surface area contributed by atoms with Gasteiger partial charge in [0.15, 0.2) is 0 Å². The lowest BCUT2D eigenvalue weighted by Gasteiger charge is -2.28. The van der Waals surface area contributed by atoms with Crippen LogP contribution in [0, 0.1) is 5.82 Å². The molecule has 4 heterocycles. The summed E-state index contributed by atoms with van der Waals surface area (Å²) in [5.74, 6) is -0.252. The number of fused-ring (bicyclic) bond motifs is 1. The number of hydrogen-bond donors (Lipinski definition) is 1. The maximum Gasteiger partial charge on any atom is 0.123 e. The Labute approximate surface area is 180 Å². The van der Waals surface area contributed by atoms with Crippen LogP contribution in [0.3, 0.4) is 0 Å². The third-order valence-corrected chi connectivity index (χ3v) is 6.48. The predicted octanol–water partition coefficient (Wildman–Crippen LogP) is 6.34. The van der Waals surface area contributed by atoms with Crippen LogP contribution in [0.25, 0.3) is 28.0 Å². The van der Waals surface area contributed by atoms with Gasteiger partial charge in [0.25, 0.3) is 0 Å². The number of pyridine rings is 1. The first-order chi connectivity index (χ1) is 14.6. The first-order valence-electron chi connectivity index (χ1n) is 10.3. The van der Waals surface area contributed by atoms with Crippen molar-refractivity contribution in [3.05, 3.63) is 83.1 Å². The number of nitrogens with one attached hydrogen (secondary N) is 1. The van der Waals surface area contributed by atoms with E-state index < -0.39 is 0 Å². The van der Waals surface area contributed by atoms with Gasteiger partial charge in [-0.2, -0.15) is 0 Å². The summed E-state index contributed by atoms with van der Waals surface area (Å²) in [7, 11) is 0. The molecule has 3 nitrogen and oxygen atoms in total. The molecule has 1 unspecified atom stereocenters. The van der Waals surface area contributed by atoms with Crippen molar-refractivity contribution < 1.29 is 4.39 Å². The summed E-state index contributed by atoms with van der Waals surface area (Å²) < 4.78 is 13.5. The van der Waals surface area contributed by atoms with Crippen LogP contribution in [-0.4, -0.2) is 34.0 Å². The Hall–Kier alpha value is -2.69. The first-order valence-corrected chi connectivity index (χ1v) is 10.7. The second kappa shape index (κ2) is 7.86. The van der Waals surface area contributed by atoms with Crippen molar-refractivity contribution in [1.82, 2.24) is 14.9 Å². The third kappa shape index (κ3) is 3.40. The molecule has 152 valence electrons. The second-order valence-corrected chi connectivity index (χ2v) is 8.32. The molecule has 1 fully saturated rings. The number of allylic oxidation sites excluding steroid dienone is 1. The molecule has 0 amide bonds. The lowest BCUT2D eigenvalue weighted by atomic mass is 9.90. The van der Waals surface area contributed by atoms with Gasteiger partial charge in [-0.15, -0.1) is 0 Å². The minimum absolute atomic E-state index is 0.252. The molecule has 30 heavy (non-hydrogen) atoms. The molecule has 1 aromatic carbocycles. The fraction of sp³-hybridized carbons (Fsp3) is 0.240. The molecular formula is C25H23ClFN3. The van der Waals surface area contributed by atoms with Crippen molar-refractivity contribution in [2.75, 3.05) is 13.1 Å². The molecule has 2 aliphatic heterocycles. The lowest BCUT2D eigenvalue weighted by Crippen LogP contribution is -2.32. The first kappa shape index (κ1) is 19.3. The highest BCUT2D eigenvalue weighted by Gasteiger charge is 2.31. The average molecular weight is 420 g/mol. The molecular weight excluding hydrogens is 397 g/mol. The third-order valence-electron chi connectivity index (χ3n) is 6.19. The highest BCUT2D eigenvalue weighted by molar-refractivity contribution is 6.32. The summed E-state index contributed by atoms with van der Waals surface area (Å²) >= 11 is 6.80. The number of hydrogen-bond acceptors (Lipinski definition) is 2. The number of benzene rings is 1. The molecule has 0 radical (unpaired) electrons. The number of rotatable bonds is 3. The van der Waals surface area contributed by atoms with Crippen molar-refractivity contribution in [3.63, 3.8) is 0 Å². The van der Waals surface area contributed by atoms with Gasteiger partial charge in [0, 0.05) is 42.7 Å². The van der Waals surface area contributed by atoms with Crippen LogP contribution in [0.15, 0.2) is 66.5 Å². The van der Waals surface area contributed by atoms with E-state index in [0.717, 1.165) is 53.9 Å². The Kier molecular flexibility index (Phi) is 5.05. The van der Waals surface area contributed by atoms with Gasteiger partial charge in [-0.1, -0.05) is 29.3 Å². The molecule has 3 aromatic rings. The van der Waals surface area contributed by atoms with E-state index in [0.29, 0.717) is 11.2 Å². The number of halogens is 2. The largest absolute Gasteiger partial charge is 0.345 e. The Balaban J connectivity index is 1.66. The smallest absolute Gasteiger partial charge is 0.123 e. The van der Waals surface area contributed by atoms with E-state index in [-0.39, 0.29) is 5.82 Å². The van der Waals surface area contributed by atoms with Crippen LogP contribution < -0.4 is 0 Å². The summed E-state index contributed by atoms with van der Waals surface area (Å²) in [4.78, 5) is 10.1. The van der Waals surface area contributed by atoms with E-state index in [9.17, 15) is 4.39 Å². The Morgan fingerprint density at radius 1 is 1.10 bits per heavy atom. The fourth-order valence-electron chi connectivity index (χ4n) is 4.66. The van der Waals surface area contributed by atoms with Crippen molar-refractivity contribution in [2.45, 2.75) is 25.8 Å². The Morgan fingerprint density at radius 2 is 1.87 bits per heavy atom. The quantitative estimate of drug-likeness (QED) is 0.502. The maximum absolute atomic E-state index is 13.5. The highest BCUT2D eigenvalue weighted by atomic mass is 35.5. The minimum atomic E-state index is -0.252. The monoisotopic (exact) mass is 419 g/mol. The average Bonchev–Trinajstić information content (AvgIpc) is 3.34. The minimum Gasteiger partial charge on any atom is -0.345 e.